The van der Waals surface area contributed by atoms with Crippen molar-refractivity contribution in [1.29, 1.82) is 0 Å². The molecule has 3 unspecified atom stereocenters. The number of alkyl carbamates (subject to hydrolysis) is 1. The van der Waals surface area contributed by atoms with Gasteiger partial charge in [-0.3, -0.25) is 14.4 Å². The van der Waals surface area contributed by atoms with Crippen molar-refractivity contribution in [2.45, 2.75) is 92.8 Å². The maximum atomic E-state index is 13.9. The molecule has 9 nitrogen and oxygen atoms in total. The molecule has 208 valence electrons. The zero-order valence-corrected chi connectivity index (χ0v) is 23.9. The van der Waals surface area contributed by atoms with E-state index in [1.807, 2.05) is 45.9 Å². The van der Waals surface area contributed by atoms with E-state index in [1.54, 1.807) is 34.6 Å². The average molecular weight is 520 g/mol. The Morgan fingerprint density at radius 1 is 1.05 bits per heavy atom. The third-order valence-corrected chi connectivity index (χ3v) is 5.99. The summed E-state index contributed by atoms with van der Waals surface area (Å²) in [6, 6.07) is 3.85. The molecule has 2 N–H and O–H groups in total. The molecule has 0 spiro atoms. The number of nitrogens with one attached hydrogen (secondary N) is 2. The van der Waals surface area contributed by atoms with Gasteiger partial charge in [0.2, 0.25) is 11.8 Å². The molecular weight excluding hydrogens is 474 g/mol. The summed E-state index contributed by atoms with van der Waals surface area (Å²) in [5.74, 6) is -1.41. The topological polar surface area (TPSA) is 114 Å². The lowest BCUT2D eigenvalue weighted by atomic mass is 9.94. The highest BCUT2D eigenvalue weighted by Gasteiger charge is 2.37. The lowest BCUT2D eigenvalue weighted by molar-refractivity contribution is -0.144. The largest absolute Gasteiger partial charge is 0.466 e. The number of amides is 3. The van der Waals surface area contributed by atoms with Crippen molar-refractivity contribution < 1.29 is 28.7 Å². The monoisotopic (exact) mass is 519 g/mol. The van der Waals surface area contributed by atoms with E-state index in [4.69, 9.17) is 9.47 Å². The highest BCUT2D eigenvalue weighted by Crippen LogP contribution is 2.27. The van der Waals surface area contributed by atoms with Crippen molar-refractivity contribution in [3.8, 4) is 0 Å². The molecule has 0 aromatic heterocycles. The van der Waals surface area contributed by atoms with Gasteiger partial charge in [-0.1, -0.05) is 44.0 Å². The Morgan fingerprint density at radius 2 is 1.70 bits per heavy atom. The maximum absolute atomic E-state index is 13.9. The van der Waals surface area contributed by atoms with E-state index >= 15 is 0 Å². The second-order valence-corrected chi connectivity index (χ2v) is 10.2. The summed E-state index contributed by atoms with van der Waals surface area (Å²) in [5, 5.41) is 5.53. The minimum absolute atomic E-state index is 0.0228. The summed E-state index contributed by atoms with van der Waals surface area (Å²) in [7, 11) is 0. The van der Waals surface area contributed by atoms with Crippen LogP contribution in [0.1, 0.15) is 84.0 Å². The van der Waals surface area contributed by atoms with Gasteiger partial charge < -0.3 is 25.0 Å². The van der Waals surface area contributed by atoms with E-state index in [2.05, 4.69) is 10.6 Å². The number of carbonyl (C=O) groups is 4. The van der Waals surface area contributed by atoms with Crippen molar-refractivity contribution in [1.82, 2.24) is 15.5 Å². The van der Waals surface area contributed by atoms with Crippen LogP contribution in [0.5, 0.6) is 0 Å². The second-order valence-electron chi connectivity index (χ2n) is 10.2. The lowest BCUT2D eigenvalue weighted by Crippen LogP contribution is -2.55. The highest BCUT2D eigenvalue weighted by atomic mass is 16.6. The first-order chi connectivity index (χ1) is 17.2. The van der Waals surface area contributed by atoms with Crippen molar-refractivity contribution in [2.75, 3.05) is 19.7 Å². The first kappa shape index (κ1) is 31.9. The second kappa shape index (κ2) is 14.6. The van der Waals surface area contributed by atoms with Crippen LogP contribution in [-0.4, -0.2) is 60.1 Å². The van der Waals surface area contributed by atoms with Gasteiger partial charge in [0.05, 0.1) is 13.0 Å². The van der Waals surface area contributed by atoms with Crippen molar-refractivity contribution in [3.63, 3.8) is 0 Å². The smallest absolute Gasteiger partial charge is 0.408 e. The quantitative estimate of drug-likeness (QED) is 0.400. The predicted octanol–water partition coefficient (Wildman–Crippen LogP) is 4.20. The van der Waals surface area contributed by atoms with Gasteiger partial charge in [0.1, 0.15) is 17.7 Å². The highest BCUT2D eigenvalue weighted by molar-refractivity contribution is 5.92. The Kier molecular flexibility index (Phi) is 12.6. The van der Waals surface area contributed by atoms with Crippen LogP contribution in [0.2, 0.25) is 0 Å². The molecule has 0 aliphatic heterocycles. The molecule has 1 rings (SSSR count). The Hall–Kier alpha value is -3.10. The molecule has 0 aliphatic carbocycles. The first-order valence-electron chi connectivity index (χ1n) is 13.1. The zero-order chi connectivity index (χ0) is 28.3. The van der Waals surface area contributed by atoms with E-state index in [1.165, 1.54) is 4.90 Å². The van der Waals surface area contributed by atoms with E-state index in [0.29, 0.717) is 12.0 Å². The van der Waals surface area contributed by atoms with Crippen LogP contribution in [0, 0.1) is 19.8 Å². The molecule has 0 bridgehead atoms. The van der Waals surface area contributed by atoms with Crippen molar-refractivity contribution in [3.05, 3.63) is 34.9 Å². The molecule has 1 aromatic rings. The zero-order valence-electron chi connectivity index (χ0n) is 23.9. The van der Waals surface area contributed by atoms with E-state index in [-0.39, 0.29) is 37.9 Å². The number of carbonyl (C=O) groups excluding carboxylic acids is 4. The molecule has 0 fully saturated rings. The van der Waals surface area contributed by atoms with Crippen LogP contribution in [0.25, 0.3) is 0 Å². The summed E-state index contributed by atoms with van der Waals surface area (Å²) in [6.07, 6.45) is -0.0391. The Balaban J connectivity index is 3.37. The lowest BCUT2D eigenvalue weighted by Gasteiger charge is -2.36. The summed E-state index contributed by atoms with van der Waals surface area (Å²) in [6.45, 7) is 17.0. The fourth-order valence-corrected chi connectivity index (χ4v) is 3.96. The van der Waals surface area contributed by atoms with Gasteiger partial charge in [-0.05, 0) is 65.5 Å². The number of likely N-dealkylation sites (N-methyl/N-ethyl adjacent to an activating group) is 1. The van der Waals surface area contributed by atoms with Crippen LogP contribution in [0.15, 0.2) is 18.2 Å². The SMILES string of the molecule is CCOC(=O)CCNC(=O)C(c1ccc(C)cc1C)N(CC)C(=O)C(NC(=O)OC(C)(C)C)C(C)CC. The third kappa shape index (κ3) is 10.1. The Labute approximate surface area is 221 Å². The molecule has 1 aromatic carbocycles. The number of benzene rings is 1. The molecule has 9 heteroatoms. The van der Waals surface area contributed by atoms with Gasteiger partial charge in [-0.2, -0.15) is 0 Å². The summed E-state index contributed by atoms with van der Waals surface area (Å²) in [4.78, 5) is 53.3. The van der Waals surface area contributed by atoms with E-state index in [0.717, 1.165) is 11.1 Å². The molecule has 37 heavy (non-hydrogen) atoms. The Morgan fingerprint density at radius 3 is 2.22 bits per heavy atom. The number of ether oxygens (including phenoxy) is 2. The van der Waals surface area contributed by atoms with Crippen LogP contribution in [0.3, 0.4) is 0 Å². The number of aryl methyl sites for hydroxylation is 2. The number of nitrogens with zero attached hydrogens (tertiary/aromatic N) is 1. The summed E-state index contributed by atoms with van der Waals surface area (Å²) < 4.78 is 10.3. The molecule has 0 saturated carbocycles. The van der Waals surface area contributed by atoms with Crippen LogP contribution in [-0.2, 0) is 23.9 Å². The number of rotatable bonds is 12. The minimum atomic E-state index is -0.952. The molecule has 3 atom stereocenters. The molecule has 0 saturated heterocycles. The van der Waals surface area contributed by atoms with Crippen molar-refractivity contribution >= 4 is 23.9 Å². The fraction of sp³-hybridized carbons (Fsp3) is 0.643. The number of hydrogen-bond donors (Lipinski definition) is 2. The van der Waals surface area contributed by atoms with Gasteiger partial charge in [0, 0.05) is 13.1 Å². The van der Waals surface area contributed by atoms with Crippen molar-refractivity contribution in [2.24, 2.45) is 5.92 Å². The predicted molar refractivity (Wildman–Crippen MR) is 143 cm³/mol. The normalized spacial score (nSPS) is 13.6. The molecule has 0 aliphatic rings. The molecule has 0 radical (unpaired) electrons. The standard InChI is InChI=1S/C28H45N3O6/c1-10-19(5)23(30-27(35)37-28(7,8)9)26(34)31(11-2)24(21-14-13-18(4)17-20(21)6)25(33)29-16-15-22(32)36-12-3/h13-14,17,19,23-24H,10-12,15-16H2,1-9H3,(H,29,33)(H,30,35). The van der Waals surface area contributed by atoms with Gasteiger partial charge in [0.25, 0.3) is 0 Å². The summed E-state index contributed by atoms with van der Waals surface area (Å²) >= 11 is 0. The summed E-state index contributed by atoms with van der Waals surface area (Å²) in [5.41, 5.74) is 1.84. The van der Waals surface area contributed by atoms with Crippen LogP contribution < -0.4 is 10.6 Å². The van der Waals surface area contributed by atoms with Gasteiger partial charge in [-0.25, -0.2) is 4.79 Å². The fourth-order valence-electron chi connectivity index (χ4n) is 3.96. The van der Waals surface area contributed by atoms with Crippen LogP contribution in [0.4, 0.5) is 4.79 Å². The number of esters is 1. The van der Waals surface area contributed by atoms with E-state index < -0.39 is 35.7 Å². The van der Waals surface area contributed by atoms with Gasteiger partial charge in [-0.15, -0.1) is 0 Å². The first-order valence-corrected chi connectivity index (χ1v) is 13.1. The third-order valence-electron chi connectivity index (χ3n) is 5.99. The Bertz CT molecular complexity index is 940. The van der Waals surface area contributed by atoms with E-state index in [9.17, 15) is 19.2 Å². The molecule has 0 heterocycles. The maximum Gasteiger partial charge on any atom is 0.408 e. The average Bonchev–Trinajstić information content (AvgIpc) is 2.79. The van der Waals surface area contributed by atoms with Gasteiger partial charge in [0.15, 0.2) is 0 Å². The van der Waals surface area contributed by atoms with Crippen LogP contribution >= 0.6 is 0 Å². The molecule has 3 amide bonds. The number of hydrogen-bond acceptors (Lipinski definition) is 6. The minimum Gasteiger partial charge on any atom is -0.466 e. The van der Waals surface area contributed by atoms with Gasteiger partial charge >= 0.3 is 12.1 Å². The molecular formula is C28H45N3O6.